The van der Waals surface area contributed by atoms with Crippen LogP contribution in [-0.2, 0) is 0 Å². The van der Waals surface area contributed by atoms with Gasteiger partial charge in [0.25, 0.3) is 0 Å². The minimum absolute atomic E-state index is 0.391. The first-order valence-electron chi connectivity index (χ1n) is 5.72. The molecule has 0 fully saturated rings. The lowest BCUT2D eigenvalue weighted by Gasteiger charge is -2.08. The highest BCUT2D eigenvalue weighted by Crippen LogP contribution is 2.36. The van der Waals surface area contributed by atoms with Crippen LogP contribution in [0.4, 0.5) is 0 Å². The summed E-state index contributed by atoms with van der Waals surface area (Å²) < 4.78 is 6.19. The Morgan fingerprint density at radius 3 is 2.75 bits per heavy atom. The van der Waals surface area contributed by atoms with Crippen LogP contribution < -0.4 is 4.74 Å². The van der Waals surface area contributed by atoms with E-state index >= 15 is 0 Å². The van der Waals surface area contributed by atoms with E-state index in [1.54, 1.807) is 13.3 Å². The zero-order chi connectivity index (χ0) is 14.3. The third-order valence-corrected chi connectivity index (χ3v) is 4.62. The normalized spacial score (nSPS) is 11.0. The number of ether oxygens (including phenoxy) is 1. The predicted octanol–water partition coefficient (Wildman–Crippen LogP) is 4.49. The molecular formula is C13H9BrClN3OS. The fourth-order valence-electron chi connectivity index (χ4n) is 1.87. The van der Waals surface area contributed by atoms with Crippen molar-refractivity contribution < 1.29 is 4.74 Å². The number of aromatic nitrogens is 3. The van der Waals surface area contributed by atoms with Gasteiger partial charge < -0.3 is 4.74 Å². The quantitative estimate of drug-likeness (QED) is 0.624. The Morgan fingerprint density at radius 2 is 2.10 bits per heavy atom. The van der Waals surface area contributed by atoms with Gasteiger partial charge in [-0.25, -0.2) is 15.0 Å². The van der Waals surface area contributed by atoms with Crippen LogP contribution in [0.3, 0.4) is 0 Å². The molecule has 0 atom stereocenters. The summed E-state index contributed by atoms with van der Waals surface area (Å²) in [6.45, 7) is 1.94. The highest BCUT2D eigenvalue weighted by Gasteiger charge is 2.15. The van der Waals surface area contributed by atoms with E-state index in [1.165, 1.54) is 11.3 Å². The Balaban J connectivity index is 2.32. The van der Waals surface area contributed by atoms with E-state index in [0.29, 0.717) is 22.2 Å². The Labute approximate surface area is 132 Å². The summed E-state index contributed by atoms with van der Waals surface area (Å²) in [4.78, 5) is 14.0. The second-order valence-corrected chi connectivity index (χ2v) is 6.50. The molecule has 20 heavy (non-hydrogen) atoms. The summed E-state index contributed by atoms with van der Waals surface area (Å²) in [7, 11) is 1.61. The van der Waals surface area contributed by atoms with E-state index in [4.69, 9.17) is 16.3 Å². The molecule has 0 amide bonds. The number of halogens is 2. The second kappa shape index (κ2) is 5.27. The Morgan fingerprint density at radius 1 is 1.30 bits per heavy atom. The van der Waals surface area contributed by atoms with Gasteiger partial charge >= 0.3 is 0 Å². The maximum atomic E-state index is 6.30. The number of nitrogens with zero attached hydrogens (tertiary/aromatic N) is 3. The molecule has 0 radical (unpaired) electrons. The van der Waals surface area contributed by atoms with Gasteiger partial charge in [0.1, 0.15) is 16.4 Å². The van der Waals surface area contributed by atoms with Gasteiger partial charge in [-0.15, -0.1) is 11.3 Å². The highest BCUT2D eigenvalue weighted by molar-refractivity contribution is 9.10. The van der Waals surface area contributed by atoms with Gasteiger partial charge in [-0.05, 0) is 35.0 Å². The molecule has 0 aliphatic heterocycles. The van der Waals surface area contributed by atoms with Gasteiger partial charge in [0.2, 0.25) is 0 Å². The van der Waals surface area contributed by atoms with Crippen molar-refractivity contribution in [1.82, 2.24) is 15.0 Å². The van der Waals surface area contributed by atoms with Crippen molar-refractivity contribution >= 4 is 49.8 Å². The molecule has 0 unspecified atom stereocenters. The van der Waals surface area contributed by atoms with Crippen molar-refractivity contribution in [2.24, 2.45) is 0 Å². The lowest BCUT2D eigenvalue weighted by Crippen LogP contribution is -1.94. The van der Waals surface area contributed by atoms with Crippen molar-refractivity contribution in [3.63, 3.8) is 0 Å². The Kier molecular flexibility index (Phi) is 3.62. The molecule has 0 saturated carbocycles. The van der Waals surface area contributed by atoms with E-state index in [9.17, 15) is 0 Å². The van der Waals surface area contributed by atoms with Gasteiger partial charge in [0, 0.05) is 10.7 Å². The molecule has 0 spiro atoms. The van der Waals surface area contributed by atoms with Crippen LogP contribution in [0.2, 0.25) is 5.15 Å². The topological polar surface area (TPSA) is 47.9 Å². The molecule has 0 aliphatic carbocycles. The van der Waals surface area contributed by atoms with Gasteiger partial charge in [-0.2, -0.15) is 0 Å². The molecule has 3 aromatic rings. The number of hydrogen-bond acceptors (Lipinski definition) is 5. The molecule has 4 nitrogen and oxygen atoms in total. The second-order valence-electron chi connectivity index (χ2n) is 4.05. The third kappa shape index (κ3) is 2.28. The summed E-state index contributed by atoms with van der Waals surface area (Å²) >= 11 is 11.3. The number of aryl methyl sites for hydroxylation is 1. The van der Waals surface area contributed by atoms with Crippen molar-refractivity contribution in [3.8, 4) is 16.5 Å². The van der Waals surface area contributed by atoms with Crippen LogP contribution >= 0.6 is 38.9 Å². The summed E-state index contributed by atoms with van der Waals surface area (Å²) in [6.07, 6.45) is 1.75. The van der Waals surface area contributed by atoms with Crippen molar-refractivity contribution in [2.45, 2.75) is 6.92 Å². The van der Waals surface area contributed by atoms with Crippen molar-refractivity contribution in [3.05, 3.63) is 33.0 Å². The fraction of sp³-hybridized carbons (Fsp3) is 0.154. The van der Waals surface area contributed by atoms with Crippen LogP contribution in [0.5, 0.6) is 5.75 Å². The Bertz CT molecular complexity index is 806. The number of fused-ring (bicyclic) bond motifs is 1. The monoisotopic (exact) mass is 369 g/mol. The average Bonchev–Trinajstić information content (AvgIpc) is 2.85. The maximum absolute atomic E-state index is 6.30. The first kappa shape index (κ1) is 13.7. The molecule has 0 N–H and O–H groups in total. The van der Waals surface area contributed by atoms with Gasteiger partial charge in [-0.3, -0.25) is 0 Å². The average molecular weight is 371 g/mol. The first-order chi connectivity index (χ1) is 9.60. The van der Waals surface area contributed by atoms with Crippen molar-refractivity contribution in [2.75, 3.05) is 7.11 Å². The van der Waals surface area contributed by atoms with Crippen LogP contribution in [0.25, 0.3) is 21.6 Å². The summed E-state index contributed by atoms with van der Waals surface area (Å²) in [5.41, 5.74) is 0.683. The lowest BCUT2D eigenvalue weighted by molar-refractivity contribution is 0.419. The van der Waals surface area contributed by atoms with Gasteiger partial charge in [0.05, 0.1) is 22.4 Å². The first-order valence-corrected chi connectivity index (χ1v) is 7.71. The third-order valence-electron chi connectivity index (χ3n) is 2.78. The fourth-order valence-corrected chi connectivity index (χ4v) is 3.48. The number of hydrogen-bond donors (Lipinski definition) is 0. The van der Waals surface area contributed by atoms with Gasteiger partial charge in [-0.1, -0.05) is 11.6 Å². The van der Waals surface area contributed by atoms with Gasteiger partial charge in [0.15, 0.2) is 5.82 Å². The van der Waals surface area contributed by atoms with E-state index in [-0.39, 0.29) is 0 Å². The zero-order valence-corrected chi connectivity index (χ0v) is 13.8. The minimum atomic E-state index is 0.391. The molecule has 2 aromatic heterocycles. The standard InChI is InChI=1S/C13H9BrClN3OS/c1-6-16-5-9(20-6)13-17-11-8(19-2)4-3-7(14)10(11)12(15)18-13/h3-5H,1-2H3. The predicted molar refractivity (Wildman–Crippen MR) is 84.6 cm³/mol. The Hall–Kier alpha value is -1.24. The molecule has 0 saturated heterocycles. The van der Waals surface area contributed by atoms with E-state index in [1.807, 2.05) is 19.1 Å². The zero-order valence-electron chi connectivity index (χ0n) is 10.6. The molecule has 7 heteroatoms. The molecular weight excluding hydrogens is 362 g/mol. The van der Waals surface area contributed by atoms with E-state index in [0.717, 1.165) is 19.7 Å². The molecule has 2 heterocycles. The smallest absolute Gasteiger partial charge is 0.173 e. The number of rotatable bonds is 2. The summed E-state index contributed by atoms with van der Waals surface area (Å²) in [5.74, 6) is 1.22. The van der Waals surface area contributed by atoms with Crippen LogP contribution in [0.1, 0.15) is 5.01 Å². The maximum Gasteiger partial charge on any atom is 0.173 e. The number of methoxy groups -OCH3 is 1. The molecule has 1 aromatic carbocycles. The minimum Gasteiger partial charge on any atom is -0.494 e. The van der Waals surface area contributed by atoms with Crippen LogP contribution in [0, 0.1) is 6.92 Å². The number of benzene rings is 1. The summed E-state index contributed by atoms with van der Waals surface area (Å²) in [5, 5.41) is 2.10. The molecule has 102 valence electrons. The van der Waals surface area contributed by atoms with Crippen LogP contribution in [0.15, 0.2) is 22.8 Å². The van der Waals surface area contributed by atoms with Crippen molar-refractivity contribution in [1.29, 1.82) is 0 Å². The molecule has 3 rings (SSSR count). The highest BCUT2D eigenvalue weighted by atomic mass is 79.9. The van der Waals surface area contributed by atoms with E-state index in [2.05, 4.69) is 30.9 Å². The summed E-state index contributed by atoms with van der Waals surface area (Å²) in [6, 6.07) is 3.71. The van der Waals surface area contributed by atoms with E-state index < -0.39 is 0 Å². The molecule has 0 aliphatic rings. The van der Waals surface area contributed by atoms with Crippen LogP contribution in [-0.4, -0.2) is 22.1 Å². The largest absolute Gasteiger partial charge is 0.494 e. The molecule has 0 bridgehead atoms. The number of thiazole rings is 1. The lowest BCUT2D eigenvalue weighted by atomic mass is 10.2. The SMILES string of the molecule is COc1ccc(Br)c2c(Cl)nc(-c3cnc(C)s3)nc12.